The van der Waals surface area contributed by atoms with Crippen molar-refractivity contribution in [2.75, 3.05) is 7.11 Å². The summed E-state index contributed by atoms with van der Waals surface area (Å²) >= 11 is 0. The Morgan fingerprint density at radius 2 is 1.85 bits per heavy atom. The number of esters is 1. The van der Waals surface area contributed by atoms with Crippen molar-refractivity contribution in [3.63, 3.8) is 0 Å². The Balaban J connectivity index is 1.90. The quantitative estimate of drug-likeness (QED) is 0.388. The van der Waals surface area contributed by atoms with Crippen LogP contribution < -0.4 is 4.74 Å². The highest BCUT2D eigenvalue weighted by atomic mass is 16.6. The van der Waals surface area contributed by atoms with Gasteiger partial charge in [0, 0.05) is 17.7 Å². The normalized spacial score (nSPS) is 10.2. The summed E-state index contributed by atoms with van der Waals surface area (Å²) in [5.41, 5.74) is 1.58. The summed E-state index contributed by atoms with van der Waals surface area (Å²) in [6.45, 7) is 0. The second-order valence-electron chi connectivity index (χ2n) is 5.28. The van der Waals surface area contributed by atoms with Gasteiger partial charge in [0.15, 0.2) is 0 Å². The van der Waals surface area contributed by atoms with Crippen LogP contribution in [0.1, 0.15) is 10.4 Å². The predicted molar refractivity (Wildman–Crippen MR) is 94.2 cm³/mol. The lowest BCUT2D eigenvalue weighted by molar-refractivity contribution is -0.385. The Bertz CT molecular complexity index is 940. The molecule has 1 heterocycles. The summed E-state index contributed by atoms with van der Waals surface area (Å²) < 4.78 is 10.2. The van der Waals surface area contributed by atoms with Crippen LogP contribution >= 0.6 is 0 Å². The zero-order valence-electron chi connectivity index (χ0n) is 13.8. The number of nitro benzene ring substituents is 1. The maximum Gasteiger partial charge on any atom is 0.337 e. The summed E-state index contributed by atoms with van der Waals surface area (Å²) in [7, 11) is 1.23. The van der Waals surface area contributed by atoms with Crippen LogP contribution in [0.3, 0.4) is 0 Å². The summed E-state index contributed by atoms with van der Waals surface area (Å²) in [5.74, 6) is -0.357. The lowest BCUT2D eigenvalue weighted by Gasteiger charge is -2.08. The second kappa shape index (κ2) is 7.43. The molecule has 0 saturated carbocycles. The van der Waals surface area contributed by atoms with Crippen LogP contribution in [-0.4, -0.2) is 23.0 Å². The number of carbonyl (C=O) groups excluding carboxylic acids is 1. The van der Waals surface area contributed by atoms with Gasteiger partial charge in [-0.2, -0.15) is 0 Å². The molecule has 0 saturated heterocycles. The number of hydrogen-bond donors (Lipinski definition) is 0. The molecular formula is C19H14N2O5. The van der Waals surface area contributed by atoms with Gasteiger partial charge >= 0.3 is 11.7 Å². The van der Waals surface area contributed by atoms with E-state index in [1.54, 1.807) is 12.1 Å². The van der Waals surface area contributed by atoms with E-state index in [1.807, 2.05) is 30.3 Å². The van der Waals surface area contributed by atoms with E-state index in [0.29, 0.717) is 5.75 Å². The van der Waals surface area contributed by atoms with E-state index in [1.165, 1.54) is 31.5 Å². The van der Waals surface area contributed by atoms with Gasteiger partial charge in [0.2, 0.25) is 5.75 Å². The van der Waals surface area contributed by atoms with Crippen LogP contribution in [0.15, 0.2) is 66.9 Å². The van der Waals surface area contributed by atoms with E-state index in [0.717, 1.165) is 11.3 Å². The first-order valence-corrected chi connectivity index (χ1v) is 7.64. The van der Waals surface area contributed by atoms with Gasteiger partial charge in [0.05, 0.1) is 29.5 Å². The SMILES string of the molecule is COC(=O)c1ccc([N+](=O)[O-])c(Oc2ccc(-c3ccccc3)nc2)c1. The number of hydrogen-bond acceptors (Lipinski definition) is 6. The molecule has 0 amide bonds. The number of ether oxygens (including phenoxy) is 2. The molecule has 0 aliphatic heterocycles. The largest absolute Gasteiger partial charge is 0.465 e. The first-order valence-electron chi connectivity index (χ1n) is 7.64. The van der Waals surface area contributed by atoms with Crippen LogP contribution in [0, 0.1) is 10.1 Å². The molecule has 0 atom stereocenters. The maximum absolute atomic E-state index is 11.6. The fourth-order valence-electron chi connectivity index (χ4n) is 2.34. The van der Waals surface area contributed by atoms with Gasteiger partial charge < -0.3 is 9.47 Å². The number of carbonyl (C=O) groups is 1. The second-order valence-corrected chi connectivity index (χ2v) is 5.28. The standard InChI is InChI=1S/C19H14N2O5/c1-25-19(22)14-7-10-17(21(23)24)18(11-14)26-15-8-9-16(20-12-15)13-5-3-2-4-6-13/h2-12H,1H3. The van der Waals surface area contributed by atoms with Gasteiger partial charge in [-0.3, -0.25) is 15.1 Å². The van der Waals surface area contributed by atoms with E-state index < -0.39 is 10.9 Å². The molecule has 130 valence electrons. The minimum atomic E-state index is -0.609. The molecule has 0 unspecified atom stereocenters. The van der Waals surface area contributed by atoms with E-state index >= 15 is 0 Å². The molecule has 0 aliphatic carbocycles. The number of nitro groups is 1. The van der Waals surface area contributed by atoms with E-state index in [-0.39, 0.29) is 17.0 Å². The van der Waals surface area contributed by atoms with Gasteiger partial charge in [-0.05, 0) is 18.2 Å². The smallest absolute Gasteiger partial charge is 0.337 e. The van der Waals surface area contributed by atoms with Crippen molar-refractivity contribution in [1.29, 1.82) is 0 Å². The highest BCUT2D eigenvalue weighted by Crippen LogP contribution is 2.32. The Labute approximate surface area is 149 Å². The van der Waals surface area contributed by atoms with Crippen molar-refractivity contribution in [1.82, 2.24) is 4.98 Å². The minimum absolute atomic E-state index is 0.0628. The minimum Gasteiger partial charge on any atom is -0.465 e. The fourth-order valence-corrected chi connectivity index (χ4v) is 2.34. The zero-order valence-corrected chi connectivity index (χ0v) is 13.8. The molecule has 3 aromatic rings. The van der Waals surface area contributed by atoms with Crippen LogP contribution in [0.25, 0.3) is 11.3 Å². The molecule has 7 nitrogen and oxygen atoms in total. The predicted octanol–water partition coefficient (Wildman–Crippen LogP) is 4.24. The van der Waals surface area contributed by atoms with Crippen molar-refractivity contribution < 1.29 is 19.2 Å². The monoisotopic (exact) mass is 350 g/mol. The molecule has 0 spiro atoms. The van der Waals surface area contributed by atoms with Crippen molar-refractivity contribution in [3.05, 3.63) is 82.5 Å². The first kappa shape index (κ1) is 17.1. The third kappa shape index (κ3) is 3.67. The number of rotatable bonds is 5. The topological polar surface area (TPSA) is 91.6 Å². The summed E-state index contributed by atoms with van der Waals surface area (Å²) in [4.78, 5) is 26.6. The van der Waals surface area contributed by atoms with Gasteiger partial charge in [-0.1, -0.05) is 30.3 Å². The molecule has 0 N–H and O–H groups in total. The molecule has 0 fully saturated rings. The van der Waals surface area contributed by atoms with Crippen molar-refractivity contribution in [2.24, 2.45) is 0 Å². The Morgan fingerprint density at radius 3 is 2.46 bits per heavy atom. The molecule has 7 heteroatoms. The van der Waals surface area contributed by atoms with E-state index in [9.17, 15) is 14.9 Å². The van der Waals surface area contributed by atoms with Crippen LogP contribution in [0.2, 0.25) is 0 Å². The summed E-state index contributed by atoms with van der Waals surface area (Å²) in [6, 6.07) is 16.8. The highest BCUT2D eigenvalue weighted by Gasteiger charge is 2.19. The van der Waals surface area contributed by atoms with Gasteiger partial charge in [-0.15, -0.1) is 0 Å². The average Bonchev–Trinajstić information content (AvgIpc) is 2.68. The van der Waals surface area contributed by atoms with Gasteiger partial charge in [0.1, 0.15) is 5.75 Å². The van der Waals surface area contributed by atoms with Gasteiger partial charge in [0.25, 0.3) is 0 Å². The first-order chi connectivity index (χ1) is 12.6. The van der Waals surface area contributed by atoms with Crippen LogP contribution in [0.4, 0.5) is 5.69 Å². The fraction of sp³-hybridized carbons (Fsp3) is 0.0526. The number of methoxy groups -OCH3 is 1. The molecule has 2 aromatic carbocycles. The van der Waals surface area contributed by atoms with E-state index in [2.05, 4.69) is 9.72 Å². The molecule has 0 bridgehead atoms. The Morgan fingerprint density at radius 1 is 1.08 bits per heavy atom. The molecule has 3 rings (SSSR count). The molecule has 1 aromatic heterocycles. The van der Waals surface area contributed by atoms with Crippen LogP contribution in [-0.2, 0) is 4.74 Å². The summed E-state index contributed by atoms with van der Waals surface area (Å²) in [5, 5.41) is 11.2. The molecule has 26 heavy (non-hydrogen) atoms. The van der Waals surface area contributed by atoms with Crippen molar-refractivity contribution in [2.45, 2.75) is 0 Å². The lowest BCUT2D eigenvalue weighted by Crippen LogP contribution is -2.02. The third-order valence-corrected chi connectivity index (χ3v) is 3.61. The Hall–Kier alpha value is -3.74. The highest BCUT2D eigenvalue weighted by molar-refractivity contribution is 5.90. The maximum atomic E-state index is 11.6. The molecular weight excluding hydrogens is 336 g/mol. The van der Waals surface area contributed by atoms with Crippen LogP contribution in [0.5, 0.6) is 11.5 Å². The number of aromatic nitrogens is 1. The molecule has 0 aliphatic rings. The number of benzene rings is 2. The summed E-state index contributed by atoms with van der Waals surface area (Å²) in [6.07, 6.45) is 1.47. The third-order valence-electron chi connectivity index (χ3n) is 3.61. The zero-order chi connectivity index (χ0) is 18.5. The number of nitrogens with zero attached hydrogens (tertiary/aromatic N) is 2. The average molecular weight is 350 g/mol. The van der Waals surface area contributed by atoms with Gasteiger partial charge in [-0.25, -0.2) is 4.79 Å². The number of pyridine rings is 1. The van der Waals surface area contributed by atoms with Crippen molar-refractivity contribution >= 4 is 11.7 Å². The van der Waals surface area contributed by atoms with E-state index in [4.69, 9.17) is 4.74 Å². The Kier molecular flexibility index (Phi) is 4.89. The molecule has 0 radical (unpaired) electrons. The van der Waals surface area contributed by atoms with Crippen molar-refractivity contribution in [3.8, 4) is 22.8 Å². The lowest BCUT2D eigenvalue weighted by atomic mass is 10.1.